The highest BCUT2D eigenvalue weighted by Gasteiger charge is 2.11. The summed E-state index contributed by atoms with van der Waals surface area (Å²) in [7, 11) is 1.71. The first-order valence-corrected chi connectivity index (χ1v) is 5.69. The summed E-state index contributed by atoms with van der Waals surface area (Å²) >= 11 is 6.04. The molecule has 2 rings (SSSR count). The van der Waals surface area contributed by atoms with Crippen molar-refractivity contribution in [2.45, 2.75) is 20.8 Å². The standard InChI is InChI=1S/C12H14ClN3O/c1-7-6-11(8(2)5-10(7)13)16-12(17)15(4)9(3)14-16/h5-6H,1-4H3. The van der Waals surface area contributed by atoms with Gasteiger partial charge in [-0.15, -0.1) is 0 Å². The number of benzene rings is 1. The Kier molecular flexibility index (Phi) is 2.83. The Labute approximate surface area is 104 Å². The summed E-state index contributed by atoms with van der Waals surface area (Å²) in [6, 6.07) is 3.73. The van der Waals surface area contributed by atoms with Gasteiger partial charge in [0.2, 0.25) is 0 Å². The van der Waals surface area contributed by atoms with E-state index in [1.54, 1.807) is 14.0 Å². The molecule has 0 radical (unpaired) electrons. The molecule has 0 saturated carbocycles. The lowest BCUT2D eigenvalue weighted by Gasteiger charge is -2.07. The van der Waals surface area contributed by atoms with E-state index in [1.807, 2.05) is 26.0 Å². The maximum Gasteiger partial charge on any atom is 0.350 e. The van der Waals surface area contributed by atoms with E-state index in [9.17, 15) is 4.79 Å². The molecule has 0 amide bonds. The Morgan fingerprint density at radius 3 is 2.35 bits per heavy atom. The number of aromatic nitrogens is 3. The predicted molar refractivity (Wildman–Crippen MR) is 68.0 cm³/mol. The molecule has 0 N–H and O–H groups in total. The van der Waals surface area contributed by atoms with E-state index in [0.717, 1.165) is 16.8 Å². The quantitative estimate of drug-likeness (QED) is 0.779. The second-order valence-corrected chi connectivity index (χ2v) is 4.60. The van der Waals surface area contributed by atoms with Crippen molar-refractivity contribution in [2.24, 2.45) is 7.05 Å². The van der Waals surface area contributed by atoms with Gasteiger partial charge in [-0.05, 0) is 44.0 Å². The van der Waals surface area contributed by atoms with Crippen molar-refractivity contribution < 1.29 is 0 Å². The van der Waals surface area contributed by atoms with Gasteiger partial charge in [-0.2, -0.15) is 9.78 Å². The fourth-order valence-corrected chi connectivity index (χ4v) is 1.90. The van der Waals surface area contributed by atoms with Crippen molar-refractivity contribution in [1.29, 1.82) is 0 Å². The maximum absolute atomic E-state index is 12.0. The van der Waals surface area contributed by atoms with E-state index in [2.05, 4.69) is 5.10 Å². The molecular formula is C12H14ClN3O. The van der Waals surface area contributed by atoms with Gasteiger partial charge in [0.05, 0.1) is 5.69 Å². The molecule has 2 aromatic rings. The molecule has 0 aliphatic carbocycles. The van der Waals surface area contributed by atoms with E-state index >= 15 is 0 Å². The summed E-state index contributed by atoms with van der Waals surface area (Å²) in [6.45, 7) is 5.62. The molecule has 0 saturated heterocycles. The summed E-state index contributed by atoms with van der Waals surface area (Å²) in [5.74, 6) is 0.682. The number of halogens is 1. The van der Waals surface area contributed by atoms with Crippen molar-refractivity contribution >= 4 is 11.6 Å². The highest BCUT2D eigenvalue weighted by atomic mass is 35.5. The molecule has 0 aliphatic heterocycles. The number of aryl methyl sites for hydroxylation is 3. The van der Waals surface area contributed by atoms with Crippen molar-refractivity contribution in [3.8, 4) is 5.69 Å². The van der Waals surface area contributed by atoms with Crippen molar-refractivity contribution in [3.63, 3.8) is 0 Å². The highest BCUT2D eigenvalue weighted by molar-refractivity contribution is 6.31. The molecule has 0 aliphatic rings. The van der Waals surface area contributed by atoms with Gasteiger partial charge < -0.3 is 0 Å². The molecular weight excluding hydrogens is 238 g/mol. The Morgan fingerprint density at radius 2 is 1.82 bits per heavy atom. The fourth-order valence-electron chi connectivity index (χ4n) is 1.69. The Balaban J connectivity index is 2.73. The van der Waals surface area contributed by atoms with E-state index in [1.165, 1.54) is 9.25 Å². The zero-order valence-corrected chi connectivity index (χ0v) is 11.0. The topological polar surface area (TPSA) is 39.8 Å². The van der Waals surface area contributed by atoms with Crippen LogP contribution in [-0.2, 0) is 7.05 Å². The average molecular weight is 252 g/mol. The second-order valence-electron chi connectivity index (χ2n) is 4.19. The van der Waals surface area contributed by atoms with Crippen LogP contribution in [0.4, 0.5) is 0 Å². The first kappa shape index (κ1) is 11.9. The molecule has 17 heavy (non-hydrogen) atoms. The van der Waals surface area contributed by atoms with Crippen LogP contribution in [0, 0.1) is 20.8 Å². The van der Waals surface area contributed by atoms with Crippen LogP contribution in [-0.4, -0.2) is 14.3 Å². The van der Waals surface area contributed by atoms with E-state index in [4.69, 9.17) is 11.6 Å². The third-order valence-corrected chi connectivity index (χ3v) is 3.31. The minimum absolute atomic E-state index is 0.146. The van der Waals surface area contributed by atoms with Gasteiger partial charge in [0.15, 0.2) is 0 Å². The summed E-state index contributed by atoms with van der Waals surface area (Å²) < 4.78 is 2.93. The predicted octanol–water partition coefficient (Wildman–Crippen LogP) is 2.15. The summed E-state index contributed by atoms with van der Waals surface area (Å²) in [5, 5.41) is 4.94. The molecule has 4 nitrogen and oxygen atoms in total. The Bertz CT molecular complexity index is 640. The van der Waals surface area contributed by atoms with Gasteiger partial charge in [0, 0.05) is 12.1 Å². The third-order valence-electron chi connectivity index (χ3n) is 2.90. The molecule has 1 heterocycles. The highest BCUT2D eigenvalue weighted by Crippen LogP contribution is 2.22. The molecule has 0 fully saturated rings. The molecule has 5 heteroatoms. The Morgan fingerprint density at radius 1 is 1.18 bits per heavy atom. The number of hydrogen-bond donors (Lipinski definition) is 0. The van der Waals surface area contributed by atoms with Gasteiger partial charge >= 0.3 is 5.69 Å². The van der Waals surface area contributed by atoms with Gasteiger partial charge in [-0.1, -0.05) is 11.6 Å². The summed E-state index contributed by atoms with van der Waals surface area (Å²) in [6.07, 6.45) is 0. The molecule has 1 aromatic heterocycles. The van der Waals surface area contributed by atoms with Crippen molar-refractivity contribution in [1.82, 2.24) is 14.3 Å². The van der Waals surface area contributed by atoms with E-state index in [-0.39, 0.29) is 5.69 Å². The molecule has 0 atom stereocenters. The Hall–Kier alpha value is -1.55. The third kappa shape index (κ3) is 1.89. The molecule has 0 unspecified atom stereocenters. The SMILES string of the molecule is Cc1cc(-n2nc(C)n(C)c2=O)c(C)cc1Cl. The monoisotopic (exact) mass is 251 g/mol. The van der Waals surface area contributed by atoms with Crippen LogP contribution in [0.2, 0.25) is 5.02 Å². The van der Waals surface area contributed by atoms with Gasteiger partial charge in [-0.25, -0.2) is 4.79 Å². The smallest absolute Gasteiger partial charge is 0.282 e. The van der Waals surface area contributed by atoms with Crippen LogP contribution in [0.3, 0.4) is 0 Å². The van der Waals surface area contributed by atoms with Gasteiger partial charge in [0.25, 0.3) is 0 Å². The lowest BCUT2D eigenvalue weighted by Crippen LogP contribution is -2.22. The largest absolute Gasteiger partial charge is 0.350 e. The fraction of sp³-hybridized carbons (Fsp3) is 0.333. The first-order chi connectivity index (χ1) is 7.91. The van der Waals surface area contributed by atoms with Crippen LogP contribution < -0.4 is 5.69 Å². The van der Waals surface area contributed by atoms with Crippen LogP contribution in [0.25, 0.3) is 5.69 Å². The zero-order valence-electron chi connectivity index (χ0n) is 10.3. The lowest BCUT2D eigenvalue weighted by molar-refractivity contribution is 0.791. The van der Waals surface area contributed by atoms with E-state index in [0.29, 0.717) is 10.8 Å². The van der Waals surface area contributed by atoms with Crippen LogP contribution >= 0.6 is 11.6 Å². The zero-order chi connectivity index (χ0) is 12.7. The normalized spacial score (nSPS) is 10.9. The number of rotatable bonds is 1. The minimum Gasteiger partial charge on any atom is -0.282 e. The van der Waals surface area contributed by atoms with Gasteiger partial charge in [-0.3, -0.25) is 4.57 Å². The van der Waals surface area contributed by atoms with Crippen molar-refractivity contribution in [2.75, 3.05) is 0 Å². The number of hydrogen-bond acceptors (Lipinski definition) is 2. The van der Waals surface area contributed by atoms with E-state index < -0.39 is 0 Å². The first-order valence-electron chi connectivity index (χ1n) is 5.31. The van der Waals surface area contributed by atoms with Crippen LogP contribution in [0.15, 0.2) is 16.9 Å². The minimum atomic E-state index is -0.146. The summed E-state index contributed by atoms with van der Waals surface area (Å²) in [4.78, 5) is 12.0. The van der Waals surface area contributed by atoms with Crippen LogP contribution in [0.5, 0.6) is 0 Å². The molecule has 0 bridgehead atoms. The maximum atomic E-state index is 12.0. The van der Waals surface area contributed by atoms with Crippen molar-refractivity contribution in [3.05, 3.63) is 44.6 Å². The molecule has 90 valence electrons. The average Bonchev–Trinajstić information content (AvgIpc) is 2.51. The molecule has 0 spiro atoms. The van der Waals surface area contributed by atoms with Crippen LogP contribution in [0.1, 0.15) is 17.0 Å². The number of nitrogens with zero attached hydrogens (tertiary/aromatic N) is 3. The van der Waals surface area contributed by atoms with Gasteiger partial charge in [0.1, 0.15) is 5.82 Å². The second kappa shape index (κ2) is 4.04. The lowest BCUT2D eigenvalue weighted by atomic mass is 10.1. The molecule has 1 aromatic carbocycles. The summed E-state index contributed by atoms with van der Waals surface area (Å²) in [5.41, 5.74) is 2.50.